The molecular formula is C23H16FN3OS. The summed E-state index contributed by atoms with van der Waals surface area (Å²) in [6.07, 6.45) is 1.70. The molecule has 0 saturated heterocycles. The van der Waals surface area contributed by atoms with Gasteiger partial charge in [0.15, 0.2) is 0 Å². The Labute approximate surface area is 170 Å². The molecule has 29 heavy (non-hydrogen) atoms. The van der Waals surface area contributed by atoms with Crippen molar-refractivity contribution in [3.8, 4) is 33.3 Å². The number of thiophene rings is 1. The van der Waals surface area contributed by atoms with Crippen molar-refractivity contribution in [2.45, 2.75) is 13.8 Å². The molecule has 0 aliphatic rings. The van der Waals surface area contributed by atoms with Crippen molar-refractivity contribution in [3.05, 3.63) is 77.2 Å². The molecule has 142 valence electrons. The van der Waals surface area contributed by atoms with E-state index in [0.29, 0.717) is 5.89 Å². The standard InChI is InChI=1S/C23H16FN3OS/c1-13-12-25-23(28-13)16-6-9-18-19(11-16)27-22(20-10-3-14(2)29-20)21(26-18)15-4-7-17(24)8-5-15/h3-12H,1-2H3. The largest absolute Gasteiger partial charge is 0.441 e. The number of aryl methyl sites for hydroxylation is 2. The van der Waals surface area contributed by atoms with Gasteiger partial charge in [0, 0.05) is 16.0 Å². The monoisotopic (exact) mass is 401 g/mol. The van der Waals surface area contributed by atoms with Crippen molar-refractivity contribution in [3.63, 3.8) is 0 Å². The average Bonchev–Trinajstić information content (AvgIpc) is 3.35. The molecule has 3 aromatic heterocycles. The van der Waals surface area contributed by atoms with E-state index < -0.39 is 0 Å². The molecule has 0 amide bonds. The Morgan fingerprint density at radius 3 is 2.28 bits per heavy atom. The van der Waals surface area contributed by atoms with Gasteiger partial charge in [0.25, 0.3) is 0 Å². The second kappa shape index (κ2) is 6.90. The summed E-state index contributed by atoms with van der Waals surface area (Å²) in [6, 6.07) is 16.2. The van der Waals surface area contributed by atoms with Crippen molar-refractivity contribution < 1.29 is 8.81 Å². The molecule has 0 radical (unpaired) electrons. The van der Waals surface area contributed by atoms with Gasteiger partial charge in [-0.05, 0) is 68.4 Å². The number of fused-ring (bicyclic) bond motifs is 1. The van der Waals surface area contributed by atoms with Crippen LogP contribution in [0.3, 0.4) is 0 Å². The molecule has 0 unspecified atom stereocenters. The third-order valence-corrected chi connectivity index (χ3v) is 5.63. The zero-order valence-electron chi connectivity index (χ0n) is 15.8. The molecule has 0 spiro atoms. The molecule has 0 atom stereocenters. The number of hydrogen-bond donors (Lipinski definition) is 0. The van der Waals surface area contributed by atoms with Crippen LogP contribution in [0.1, 0.15) is 10.6 Å². The Morgan fingerprint density at radius 2 is 1.59 bits per heavy atom. The number of hydrogen-bond acceptors (Lipinski definition) is 5. The lowest BCUT2D eigenvalue weighted by molar-refractivity contribution is 0.542. The highest BCUT2D eigenvalue weighted by atomic mass is 32.1. The SMILES string of the molecule is Cc1cnc(-c2ccc3nc(-c4ccc(F)cc4)c(-c4ccc(C)s4)nc3c2)o1. The molecule has 0 N–H and O–H groups in total. The minimum atomic E-state index is -0.276. The molecule has 0 saturated carbocycles. The fourth-order valence-corrected chi connectivity index (χ4v) is 4.08. The molecular weight excluding hydrogens is 385 g/mol. The molecule has 6 heteroatoms. The van der Waals surface area contributed by atoms with Gasteiger partial charge in [-0.1, -0.05) is 0 Å². The summed E-state index contributed by atoms with van der Waals surface area (Å²) in [6.45, 7) is 3.92. The van der Waals surface area contributed by atoms with Crippen LogP contribution in [0.25, 0.3) is 44.3 Å². The van der Waals surface area contributed by atoms with Crippen LogP contribution in [0.5, 0.6) is 0 Å². The van der Waals surface area contributed by atoms with Crippen molar-refractivity contribution in [1.29, 1.82) is 0 Å². The van der Waals surface area contributed by atoms with Crippen LogP contribution in [-0.2, 0) is 0 Å². The maximum atomic E-state index is 13.4. The summed E-state index contributed by atoms with van der Waals surface area (Å²) in [5, 5.41) is 0. The van der Waals surface area contributed by atoms with E-state index >= 15 is 0 Å². The Kier molecular flexibility index (Phi) is 4.21. The number of halogens is 1. The molecule has 3 heterocycles. The van der Waals surface area contributed by atoms with Gasteiger partial charge in [-0.3, -0.25) is 0 Å². The molecule has 0 bridgehead atoms. The number of benzene rings is 2. The van der Waals surface area contributed by atoms with Gasteiger partial charge in [-0.15, -0.1) is 11.3 Å². The summed E-state index contributed by atoms with van der Waals surface area (Å²) < 4.78 is 19.1. The normalized spacial score (nSPS) is 11.3. The van der Waals surface area contributed by atoms with Crippen LogP contribution >= 0.6 is 11.3 Å². The number of rotatable bonds is 3. The highest BCUT2D eigenvalue weighted by molar-refractivity contribution is 7.15. The van der Waals surface area contributed by atoms with Gasteiger partial charge in [-0.2, -0.15) is 0 Å². The van der Waals surface area contributed by atoms with Crippen LogP contribution in [0, 0.1) is 19.7 Å². The first-order chi connectivity index (χ1) is 14.1. The second-order valence-corrected chi connectivity index (χ2v) is 8.11. The first-order valence-corrected chi connectivity index (χ1v) is 9.96. The first-order valence-electron chi connectivity index (χ1n) is 9.14. The fourth-order valence-electron chi connectivity index (χ4n) is 3.22. The molecule has 5 aromatic rings. The van der Waals surface area contributed by atoms with Gasteiger partial charge >= 0.3 is 0 Å². The first kappa shape index (κ1) is 17.7. The van der Waals surface area contributed by atoms with E-state index in [0.717, 1.165) is 44.2 Å². The van der Waals surface area contributed by atoms with E-state index in [4.69, 9.17) is 14.4 Å². The predicted octanol–water partition coefficient (Wildman–Crippen LogP) is 6.44. The molecule has 0 aliphatic carbocycles. The highest BCUT2D eigenvalue weighted by Crippen LogP contribution is 2.35. The van der Waals surface area contributed by atoms with E-state index in [-0.39, 0.29) is 5.82 Å². The molecule has 4 nitrogen and oxygen atoms in total. The lowest BCUT2D eigenvalue weighted by atomic mass is 10.1. The smallest absolute Gasteiger partial charge is 0.226 e. The third-order valence-electron chi connectivity index (χ3n) is 4.62. The number of nitrogens with zero attached hydrogens (tertiary/aromatic N) is 3. The molecule has 0 aliphatic heterocycles. The summed E-state index contributed by atoms with van der Waals surface area (Å²) in [5.74, 6) is 1.04. The quantitative estimate of drug-likeness (QED) is 0.349. The van der Waals surface area contributed by atoms with Crippen molar-refractivity contribution in [2.24, 2.45) is 0 Å². The third kappa shape index (κ3) is 3.32. The topological polar surface area (TPSA) is 51.8 Å². The van der Waals surface area contributed by atoms with E-state index in [1.807, 2.05) is 31.2 Å². The van der Waals surface area contributed by atoms with Crippen LogP contribution in [0.4, 0.5) is 4.39 Å². The van der Waals surface area contributed by atoms with Crippen molar-refractivity contribution >= 4 is 22.4 Å². The summed E-state index contributed by atoms with van der Waals surface area (Å²) in [4.78, 5) is 16.3. The van der Waals surface area contributed by atoms with Gasteiger partial charge in [0.05, 0.1) is 27.8 Å². The lowest BCUT2D eigenvalue weighted by Crippen LogP contribution is -1.95. The summed E-state index contributed by atoms with van der Waals surface area (Å²) in [7, 11) is 0. The predicted molar refractivity (Wildman–Crippen MR) is 113 cm³/mol. The second-order valence-electron chi connectivity index (χ2n) is 6.82. The van der Waals surface area contributed by atoms with Gasteiger partial charge in [0.1, 0.15) is 17.3 Å². The van der Waals surface area contributed by atoms with Crippen LogP contribution < -0.4 is 0 Å². The highest BCUT2D eigenvalue weighted by Gasteiger charge is 2.16. The zero-order valence-corrected chi connectivity index (χ0v) is 16.6. The van der Waals surface area contributed by atoms with Gasteiger partial charge in [-0.25, -0.2) is 19.3 Å². The zero-order chi connectivity index (χ0) is 20.0. The number of aromatic nitrogens is 3. The lowest BCUT2D eigenvalue weighted by Gasteiger charge is -2.10. The summed E-state index contributed by atoms with van der Waals surface area (Å²) in [5.41, 5.74) is 4.71. The van der Waals surface area contributed by atoms with E-state index in [1.54, 1.807) is 29.7 Å². The van der Waals surface area contributed by atoms with Crippen LogP contribution in [-0.4, -0.2) is 15.0 Å². The average molecular weight is 401 g/mol. The fraction of sp³-hybridized carbons (Fsp3) is 0.0870. The van der Waals surface area contributed by atoms with E-state index in [1.165, 1.54) is 17.0 Å². The Bertz CT molecular complexity index is 1340. The van der Waals surface area contributed by atoms with Crippen molar-refractivity contribution in [1.82, 2.24) is 15.0 Å². The Morgan fingerprint density at radius 1 is 0.828 bits per heavy atom. The van der Waals surface area contributed by atoms with Crippen LogP contribution in [0.15, 0.2) is 65.2 Å². The van der Waals surface area contributed by atoms with Crippen LogP contribution in [0.2, 0.25) is 0 Å². The molecule has 2 aromatic carbocycles. The Balaban J connectivity index is 1.73. The molecule has 0 fully saturated rings. The minimum Gasteiger partial charge on any atom is -0.441 e. The maximum Gasteiger partial charge on any atom is 0.226 e. The van der Waals surface area contributed by atoms with Gasteiger partial charge < -0.3 is 4.42 Å². The van der Waals surface area contributed by atoms with Gasteiger partial charge in [0.2, 0.25) is 5.89 Å². The Hall–Kier alpha value is -3.38. The van der Waals surface area contributed by atoms with Crippen molar-refractivity contribution in [2.75, 3.05) is 0 Å². The van der Waals surface area contributed by atoms with E-state index in [2.05, 4.69) is 18.0 Å². The molecule has 5 rings (SSSR count). The van der Waals surface area contributed by atoms with E-state index in [9.17, 15) is 4.39 Å². The summed E-state index contributed by atoms with van der Waals surface area (Å²) >= 11 is 1.66. The number of oxazole rings is 1. The maximum absolute atomic E-state index is 13.4. The minimum absolute atomic E-state index is 0.276.